The Balaban J connectivity index is 1.96. The molecule has 0 aliphatic carbocycles. The average molecular weight is 258 g/mol. The quantitative estimate of drug-likeness (QED) is 0.785. The van der Waals surface area contributed by atoms with E-state index in [0.717, 1.165) is 11.7 Å². The molecule has 2 heterocycles. The number of aryl methyl sites for hydroxylation is 2. The topological polar surface area (TPSA) is 42.7 Å². The molecule has 0 fully saturated rings. The van der Waals surface area contributed by atoms with Crippen molar-refractivity contribution in [2.45, 2.75) is 13.5 Å². The number of nitrogens with zero attached hydrogens (tertiary/aromatic N) is 3. The SMILES string of the molecule is Cc1c(CNc2nncs2)n(C)c2ccccc12. The third-order valence-electron chi connectivity index (χ3n) is 3.27. The highest BCUT2D eigenvalue weighted by Gasteiger charge is 2.10. The summed E-state index contributed by atoms with van der Waals surface area (Å²) in [5.41, 5.74) is 5.61. The Morgan fingerprint density at radius 3 is 2.89 bits per heavy atom. The number of fused-ring (bicyclic) bond motifs is 1. The Kier molecular flexibility index (Phi) is 2.76. The van der Waals surface area contributed by atoms with Crippen LogP contribution in [0.3, 0.4) is 0 Å². The van der Waals surface area contributed by atoms with E-state index >= 15 is 0 Å². The predicted molar refractivity (Wildman–Crippen MR) is 74.9 cm³/mol. The normalized spacial score (nSPS) is 11.0. The van der Waals surface area contributed by atoms with Crippen LogP contribution in [0, 0.1) is 6.92 Å². The monoisotopic (exact) mass is 258 g/mol. The molecule has 5 heteroatoms. The van der Waals surface area contributed by atoms with Crippen molar-refractivity contribution in [3.63, 3.8) is 0 Å². The molecule has 3 aromatic rings. The number of benzene rings is 1. The van der Waals surface area contributed by atoms with Gasteiger partial charge in [0.25, 0.3) is 0 Å². The lowest BCUT2D eigenvalue weighted by molar-refractivity contribution is 0.859. The van der Waals surface area contributed by atoms with Gasteiger partial charge >= 0.3 is 0 Å². The summed E-state index contributed by atoms with van der Waals surface area (Å²) in [6.07, 6.45) is 0. The lowest BCUT2D eigenvalue weighted by Crippen LogP contribution is -2.05. The summed E-state index contributed by atoms with van der Waals surface area (Å²) in [5.74, 6) is 0. The molecule has 4 nitrogen and oxygen atoms in total. The van der Waals surface area contributed by atoms with Gasteiger partial charge in [0.1, 0.15) is 5.51 Å². The summed E-state index contributed by atoms with van der Waals surface area (Å²) in [4.78, 5) is 0. The van der Waals surface area contributed by atoms with Crippen LogP contribution in [-0.2, 0) is 13.6 Å². The minimum atomic E-state index is 0.770. The largest absolute Gasteiger partial charge is 0.355 e. The molecular formula is C13H14N4S. The van der Waals surface area contributed by atoms with Gasteiger partial charge in [-0.05, 0) is 18.6 Å². The van der Waals surface area contributed by atoms with E-state index < -0.39 is 0 Å². The maximum atomic E-state index is 3.99. The van der Waals surface area contributed by atoms with Crippen LogP contribution in [0.4, 0.5) is 5.13 Å². The first kappa shape index (κ1) is 11.2. The molecule has 0 saturated carbocycles. The Morgan fingerprint density at radius 2 is 2.17 bits per heavy atom. The van der Waals surface area contributed by atoms with Gasteiger partial charge in [-0.25, -0.2) is 0 Å². The molecule has 92 valence electrons. The minimum Gasteiger partial charge on any atom is -0.355 e. The summed E-state index contributed by atoms with van der Waals surface area (Å²) in [5, 5.41) is 13.3. The molecular weight excluding hydrogens is 244 g/mol. The first-order chi connectivity index (χ1) is 8.77. The van der Waals surface area contributed by atoms with Gasteiger partial charge in [-0.3, -0.25) is 0 Å². The van der Waals surface area contributed by atoms with E-state index in [9.17, 15) is 0 Å². The zero-order valence-corrected chi connectivity index (χ0v) is 11.2. The third-order valence-corrected chi connectivity index (χ3v) is 3.92. The first-order valence-electron chi connectivity index (χ1n) is 5.80. The molecule has 0 saturated heterocycles. The van der Waals surface area contributed by atoms with E-state index in [1.165, 1.54) is 33.5 Å². The van der Waals surface area contributed by atoms with Gasteiger partial charge in [-0.2, -0.15) is 0 Å². The summed E-state index contributed by atoms with van der Waals surface area (Å²) >= 11 is 1.52. The van der Waals surface area contributed by atoms with Crippen molar-refractivity contribution < 1.29 is 0 Å². The van der Waals surface area contributed by atoms with Crippen molar-refractivity contribution in [3.05, 3.63) is 41.0 Å². The van der Waals surface area contributed by atoms with E-state index in [1.807, 2.05) is 0 Å². The van der Waals surface area contributed by atoms with Crippen molar-refractivity contribution in [3.8, 4) is 0 Å². The smallest absolute Gasteiger partial charge is 0.205 e. The summed E-state index contributed by atoms with van der Waals surface area (Å²) < 4.78 is 2.23. The fraction of sp³-hybridized carbons (Fsp3) is 0.231. The van der Waals surface area contributed by atoms with Crippen LogP contribution in [0.2, 0.25) is 0 Å². The van der Waals surface area contributed by atoms with Crippen molar-refractivity contribution in [1.29, 1.82) is 0 Å². The number of nitrogens with one attached hydrogen (secondary N) is 1. The fourth-order valence-electron chi connectivity index (χ4n) is 2.30. The zero-order chi connectivity index (χ0) is 12.5. The molecule has 0 aliphatic heterocycles. The van der Waals surface area contributed by atoms with Gasteiger partial charge in [-0.1, -0.05) is 29.5 Å². The lowest BCUT2D eigenvalue weighted by Gasteiger charge is -2.06. The predicted octanol–water partition coefficient (Wildman–Crippen LogP) is 2.95. The maximum Gasteiger partial charge on any atom is 0.205 e. The Morgan fingerprint density at radius 1 is 1.33 bits per heavy atom. The van der Waals surface area contributed by atoms with Crippen LogP contribution in [0.15, 0.2) is 29.8 Å². The molecule has 0 unspecified atom stereocenters. The molecule has 3 rings (SSSR count). The van der Waals surface area contributed by atoms with Crippen molar-refractivity contribution >= 4 is 27.4 Å². The number of aromatic nitrogens is 3. The molecule has 0 radical (unpaired) electrons. The van der Waals surface area contributed by atoms with Gasteiger partial charge in [0.05, 0.1) is 6.54 Å². The molecule has 0 bridgehead atoms. The zero-order valence-electron chi connectivity index (χ0n) is 10.3. The fourth-order valence-corrected chi connectivity index (χ4v) is 2.74. The number of hydrogen-bond donors (Lipinski definition) is 1. The minimum absolute atomic E-state index is 0.770. The standard InChI is InChI=1S/C13H14N4S/c1-9-10-5-3-4-6-11(10)17(2)12(9)7-14-13-16-15-8-18-13/h3-6,8H,7H2,1-2H3,(H,14,16). The van der Waals surface area contributed by atoms with Crippen LogP contribution in [0.5, 0.6) is 0 Å². The van der Waals surface area contributed by atoms with E-state index in [0.29, 0.717) is 0 Å². The second kappa shape index (κ2) is 4.42. The number of rotatable bonds is 3. The number of anilines is 1. The molecule has 0 spiro atoms. The second-order valence-corrected chi connectivity index (χ2v) is 5.08. The highest BCUT2D eigenvalue weighted by atomic mass is 32.1. The van der Waals surface area contributed by atoms with Crippen molar-refractivity contribution in [2.75, 3.05) is 5.32 Å². The van der Waals surface area contributed by atoms with Gasteiger partial charge < -0.3 is 9.88 Å². The van der Waals surface area contributed by atoms with E-state index in [-0.39, 0.29) is 0 Å². The lowest BCUT2D eigenvalue weighted by atomic mass is 10.1. The summed E-state index contributed by atoms with van der Waals surface area (Å²) in [7, 11) is 2.10. The van der Waals surface area contributed by atoms with Crippen molar-refractivity contribution in [1.82, 2.24) is 14.8 Å². The van der Waals surface area contributed by atoms with E-state index in [2.05, 4.69) is 58.3 Å². The van der Waals surface area contributed by atoms with E-state index in [4.69, 9.17) is 0 Å². The van der Waals surface area contributed by atoms with Crippen LogP contribution in [-0.4, -0.2) is 14.8 Å². The van der Waals surface area contributed by atoms with Crippen LogP contribution in [0.25, 0.3) is 10.9 Å². The molecule has 0 amide bonds. The van der Waals surface area contributed by atoms with Gasteiger partial charge in [0.2, 0.25) is 5.13 Å². The third kappa shape index (κ3) is 1.76. The van der Waals surface area contributed by atoms with Crippen molar-refractivity contribution in [2.24, 2.45) is 7.05 Å². The molecule has 1 aromatic carbocycles. The molecule has 1 N–H and O–H groups in total. The van der Waals surface area contributed by atoms with Gasteiger partial charge in [0, 0.05) is 23.6 Å². The van der Waals surface area contributed by atoms with Gasteiger partial charge in [-0.15, -0.1) is 10.2 Å². The number of hydrogen-bond acceptors (Lipinski definition) is 4. The summed E-state index contributed by atoms with van der Waals surface area (Å²) in [6, 6.07) is 8.47. The Hall–Kier alpha value is -1.88. The summed E-state index contributed by atoms with van der Waals surface area (Å²) in [6.45, 7) is 2.94. The second-order valence-electron chi connectivity index (χ2n) is 4.25. The van der Waals surface area contributed by atoms with E-state index in [1.54, 1.807) is 5.51 Å². The number of para-hydroxylation sites is 1. The van der Waals surface area contributed by atoms with Crippen LogP contribution in [0.1, 0.15) is 11.3 Å². The van der Waals surface area contributed by atoms with Gasteiger partial charge in [0.15, 0.2) is 0 Å². The molecule has 18 heavy (non-hydrogen) atoms. The highest BCUT2D eigenvalue weighted by Crippen LogP contribution is 2.25. The molecule has 0 atom stereocenters. The molecule has 0 aliphatic rings. The van der Waals surface area contributed by atoms with Crippen LogP contribution < -0.4 is 5.32 Å². The first-order valence-corrected chi connectivity index (χ1v) is 6.68. The maximum absolute atomic E-state index is 3.99. The average Bonchev–Trinajstić information content (AvgIpc) is 2.98. The van der Waals surface area contributed by atoms with Crippen LogP contribution >= 0.6 is 11.3 Å². The Labute approximate surface area is 109 Å². The Bertz CT molecular complexity index is 631. The highest BCUT2D eigenvalue weighted by molar-refractivity contribution is 7.13. The molecule has 2 aromatic heterocycles.